The molecule has 0 rings (SSSR count). The van der Waals surface area contributed by atoms with Crippen LogP contribution >= 0.6 is 7.60 Å². The van der Waals surface area contributed by atoms with E-state index in [0.717, 1.165) is 0 Å². The second-order valence-corrected chi connectivity index (χ2v) is 2.72. The molecular formula is C3H4FO3P. The summed E-state index contributed by atoms with van der Waals surface area (Å²) < 4.78 is 21.4. The highest BCUT2D eigenvalue weighted by Crippen LogP contribution is 2.41. The Morgan fingerprint density at radius 2 is 2.12 bits per heavy atom. The summed E-state index contributed by atoms with van der Waals surface area (Å²) in [7, 11) is -4.66. The lowest BCUT2D eigenvalue weighted by Crippen LogP contribution is -1.94. The van der Waals surface area contributed by atoms with Gasteiger partial charge in [-0.05, 0) is 0 Å². The summed E-state index contributed by atoms with van der Waals surface area (Å²) in [6.07, 6.45) is 4.34. The van der Waals surface area contributed by atoms with Gasteiger partial charge in [-0.15, -0.1) is 6.42 Å². The van der Waals surface area contributed by atoms with Crippen LogP contribution in [0.5, 0.6) is 0 Å². The third kappa shape index (κ3) is 2.08. The molecule has 0 aliphatic carbocycles. The molecule has 0 saturated heterocycles. The van der Waals surface area contributed by atoms with Gasteiger partial charge in [0.05, 0.1) is 0 Å². The van der Waals surface area contributed by atoms with Crippen LogP contribution in [-0.4, -0.2) is 15.7 Å². The van der Waals surface area contributed by atoms with Gasteiger partial charge in [0.15, 0.2) is 0 Å². The zero-order valence-electron chi connectivity index (χ0n) is 3.78. The average Bonchev–Trinajstić information content (AvgIpc) is 1.62. The first-order valence-corrected chi connectivity index (χ1v) is 3.32. The lowest BCUT2D eigenvalue weighted by atomic mass is 10.8. The van der Waals surface area contributed by atoms with E-state index < -0.39 is 13.5 Å². The Morgan fingerprint density at radius 1 is 1.75 bits per heavy atom. The van der Waals surface area contributed by atoms with Crippen molar-refractivity contribution in [1.29, 1.82) is 0 Å². The van der Waals surface area contributed by atoms with E-state index in [9.17, 15) is 8.96 Å². The highest BCUT2D eigenvalue weighted by Gasteiger charge is 2.25. The third-order valence-corrected chi connectivity index (χ3v) is 1.17. The number of hydrogen-bond donors (Lipinski definition) is 2. The Kier molecular flexibility index (Phi) is 2.17. The monoisotopic (exact) mass is 138 g/mol. The Bertz CT molecular complexity index is 154. The van der Waals surface area contributed by atoms with Crippen LogP contribution in [-0.2, 0) is 4.57 Å². The molecule has 0 radical (unpaired) electrons. The lowest BCUT2D eigenvalue weighted by Gasteiger charge is -2.00. The first-order valence-electron chi connectivity index (χ1n) is 1.64. The predicted molar refractivity (Wildman–Crippen MR) is 25.8 cm³/mol. The maximum absolute atomic E-state index is 11.6. The van der Waals surface area contributed by atoms with Crippen molar-refractivity contribution in [2.45, 2.75) is 5.91 Å². The van der Waals surface area contributed by atoms with Crippen LogP contribution in [0, 0.1) is 12.3 Å². The van der Waals surface area contributed by atoms with Crippen LogP contribution in [0.3, 0.4) is 0 Å². The van der Waals surface area contributed by atoms with Crippen LogP contribution in [0.1, 0.15) is 0 Å². The molecule has 0 amide bonds. The van der Waals surface area contributed by atoms with Crippen LogP contribution in [0.4, 0.5) is 4.39 Å². The molecule has 1 atom stereocenters. The van der Waals surface area contributed by atoms with Gasteiger partial charge in [0.1, 0.15) is 0 Å². The topological polar surface area (TPSA) is 57.5 Å². The van der Waals surface area contributed by atoms with E-state index >= 15 is 0 Å². The van der Waals surface area contributed by atoms with Crippen molar-refractivity contribution in [2.75, 3.05) is 0 Å². The molecule has 0 fully saturated rings. The van der Waals surface area contributed by atoms with Crippen LogP contribution in [0.25, 0.3) is 0 Å². The van der Waals surface area contributed by atoms with Gasteiger partial charge in [-0.25, -0.2) is 4.39 Å². The molecule has 0 aromatic heterocycles. The maximum atomic E-state index is 11.6. The Labute approximate surface area is 45.7 Å². The van der Waals surface area contributed by atoms with Crippen LogP contribution in [0.2, 0.25) is 0 Å². The average molecular weight is 138 g/mol. The fourth-order valence-electron chi connectivity index (χ4n) is 0.0971. The zero-order valence-corrected chi connectivity index (χ0v) is 4.68. The molecule has 0 spiro atoms. The molecule has 0 bridgehead atoms. The van der Waals surface area contributed by atoms with Crippen molar-refractivity contribution in [3.63, 3.8) is 0 Å². The van der Waals surface area contributed by atoms with Gasteiger partial charge in [0, 0.05) is 0 Å². The number of hydrogen-bond acceptors (Lipinski definition) is 1. The number of alkyl halides is 1. The molecule has 0 heterocycles. The van der Waals surface area contributed by atoms with Crippen molar-refractivity contribution in [3.8, 4) is 12.3 Å². The van der Waals surface area contributed by atoms with E-state index in [2.05, 4.69) is 6.42 Å². The maximum Gasteiger partial charge on any atom is 0.371 e. The summed E-state index contributed by atoms with van der Waals surface area (Å²) in [5.41, 5.74) is 0. The standard InChI is InChI=1S/C3H4FO3P/c1-2-3(4)8(5,6)7/h1,3H,(H2,5,6,7). The molecule has 2 N–H and O–H groups in total. The first kappa shape index (κ1) is 7.64. The SMILES string of the molecule is C#CC(F)P(=O)(O)O. The van der Waals surface area contributed by atoms with Crippen molar-refractivity contribution in [3.05, 3.63) is 0 Å². The Morgan fingerprint density at radius 3 is 2.12 bits per heavy atom. The molecule has 1 unspecified atom stereocenters. The van der Waals surface area contributed by atoms with Gasteiger partial charge in [-0.2, -0.15) is 0 Å². The number of halogens is 1. The smallest absolute Gasteiger partial charge is 0.322 e. The normalized spacial score (nSPS) is 14.8. The molecule has 0 aromatic rings. The second kappa shape index (κ2) is 2.27. The molecule has 5 heteroatoms. The predicted octanol–water partition coefficient (Wildman–Crippen LogP) is 0.0929. The number of terminal acetylenes is 1. The molecular weight excluding hydrogens is 134 g/mol. The van der Waals surface area contributed by atoms with Crippen molar-refractivity contribution in [1.82, 2.24) is 0 Å². The summed E-state index contributed by atoms with van der Waals surface area (Å²) in [6.45, 7) is 0. The highest BCUT2D eigenvalue weighted by atomic mass is 31.2. The minimum Gasteiger partial charge on any atom is -0.322 e. The van der Waals surface area contributed by atoms with Gasteiger partial charge in [-0.1, -0.05) is 5.92 Å². The quantitative estimate of drug-likeness (QED) is 0.399. The molecule has 0 saturated carbocycles. The minimum absolute atomic E-state index is 1.28. The molecule has 0 aliphatic rings. The van der Waals surface area contributed by atoms with Gasteiger partial charge < -0.3 is 9.79 Å². The van der Waals surface area contributed by atoms with E-state index in [4.69, 9.17) is 9.79 Å². The zero-order chi connectivity index (χ0) is 6.78. The Hall–Kier alpha value is -0.360. The van der Waals surface area contributed by atoms with E-state index in [-0.39, 0.29) is 0 Å². The minimum atomic E-state index is -4.66. The van der Waals surface area contributed by atoms with Crippen molar-refractivity contribution < 1.29 is 18.7 Å². The van der Waals surface area contributed by atoms with Gasteiger partial charge in [0.25, 0.3) is 5.91 Å². The van der Waals surface area contributed by atoms with Crippen LogP contribution < -0.4 is 0 Å². The van der Waals surface area contributed by atoms with E-state index in [1.165, 1.54) is 5.92 Å². The molecule has 46 valence electrons. The van der Waals surface area contributed by atoms with Gasteiger partial charge in [0.2, 0.25) is 0 Å². The largest absolute Gasteiger partial charge is 0.371 e. The Balaban J connectivity index is 4.09. The third-order valence-electron chi connectivity index (χ3n) is 0.433. The van der Waals surface area contributed by atoms with Crippen molar-refractivity contribution in [2.24, 2.45) is 0 Å². The summed E-state index contributed by atoms with van der Waals surface area (Å²) >= 11 is 0. The summed E-state index contributed by atoms with van der Waals surface area (Å²) in [5.74, 6) is -1.18. The number of rotatable bonds is 1. The van der Waals surface area contributed by atoms with Crippen molar-refractivity contribution >= 4 is 7.60 Å². The van der Waals surface area contributed by atoms with Crippen LogP contribution in [0.15, 0.2) is 0 Å². The fraction of sp³-hybridized carbons (Fsp3) is 0.333. The second-order valence-electron chi connectivity index (χ2n) is 1.09. The first-order chi connectivity index (χ1) is 3.48. The van der Waals surface area contributed by atoms with E-state index in [0.29, 0.717) is 0 Å². The van der Waals surface area contributed by atoms with E-state index in [1.54, 1.807) is 0 Å². The fourth-order valence-corrected chi connectivity index (χ4v) is 0.291. The lowest BCUT2D eigenvalue weighted by molar-refractivity contribution is 0.327. The van der Waals surface area contributed by atoms with E-state index in [1.807, 2.05) is 0 Å². The molecule has 8 heavy (non-hydrogen) atoms. The highest BCUT2D eigenvalue weighted by molar-refractivity contribution is 7.52. The summed E-state index contributed by atoms with van der Waals surface area (Å²) in [6, 6.07) is 0. The summed E-state index contributed by atoms with van der Waals surface area (Å²) in [4.78, 5) is 15.8. The molecule has 0 aliphatic heterocycles. The molecule has 0 aromatic carbocycles. The van der Waals surface area contributed by atoms with Gasteiger partial charge in [-0.3, -0.25) is 4.57 Å². The van der Waals surface area contributed by atoms with Gasteiger partial charge >= 0.3 is 7.60 Å². The summed E-state index contributed by atoms with van der Waals surface area (Å²) in [5, 5.41) is 0. The molecule has 3 nitrogen and oxygen atoms in total.